The van der Waals surface area contributed by atoms with Gasteiger partial charge < -0.3 is 10.6 Å². The van der Waals surface area contributed by atoms with Gasteiger partial charge in [0.15, 0.2) is 0 Å². The number of carbonyl (C=O) groups excluding carboxylic acids is 1. The summed E-state index contributed by atoms with van der Waals surface area (Å²) < 4.78 is 0.987. The number of hydrogen-bond donors (Lipinski definition) is 1. The van der Waals surface area contributed by atoms with Gasteiger partial charge in [0.05, 0.1) is 0 Å². The van der Waals surface area contributed by atoms with Crippen molar-refractivity contribution in [3.05, 3.63) is 33.8 Å². The Kier molecular flexibility index (Phi) is 4.93. The van der Waals surface area contributed by atoms with Crippen molar-refractivity contribution in [2.45, 2.75) is 20.8 Å². The summed E-state index contributed by atoms with van der Waals surface area (Å²) in [5.41, 5.74) is 7.36. The van der Waals surface area contributed by atoms with E-state index in [0.29, 0.717) is 13.1 Å². The second-order valence-electron chi connectivity index (χ2n) is 5.49. The molecule has 2 N–H and O–H groups in total. The monoisotopic (exact) mass is 312 g/mol. The van der Waals surface area contributed by atoms with Gasteiger partial charge in [-0.05, 0) is 42.6 Å². The van der Waals surface area contributed by atoms with Crippen LogP contribution in [-0.2, 0) is 0 Å². The number of nitrogens with two attached hydrogens (primary N) is 1. The quantitative estimate of drug-likeness (QED) is 0.929. The minimum atomic E-state index is -0.0618. The Morgan fingerprint density at radius 2 is 2.06 bits per heavy atom. The van der Waals surface area contributed by atoms with Crippen LogP contribution in [0.3, 0.4) is 0 Å². The highest BCUT2D eigenvalue weighted by Gasteiger charge is 2.22. The smallest absolute Gasteiger partial charge is 0.253 e. The molecule has 0 bridgehead atoms. The summed E-state index contributed by atoms with van der Waals surface area (Å²) in [5, 5.41) is 0. The number of amides is 1. The second-order valence-corrected chi connectivity index (χ2v) is 6.40. The van der Waals surface area contributed by atoms with Gasteiger partial charge in [0.1, 0.15) is 0 Å². The maximum Gasteiger partial charge on any atom is 0.253 e. The number of benzene rings is 1. The molecule has 0 heterocycles. The van der Waals surface area contributed by atoms with Crippen LogP contribution in [0.1, 0.15) is 29.8 Å². The third-order valence-electron chi connectivity index (χ3n) is 2.98. The molecule has 0 aliphatic carbocycles. The van der Waals surface area contributed by atoms with Crippen molar-refractivity contribution in [3.63, 3.8) is 0 Å². The van der Waals surface area contributed by atoms with E-state index in [1.54, 1.807) is 4.90 Å². The van der Waals surface area contributed by atoms with E-state index in [1.807, 2.05) is 32.2 Å². The average Bonchev–Trinajstić information content (AvgIpc) is 2.27. The third-order valence-corrected chi connectivity index (χ3v) is 3.48. The normalized spacial score (nSPS) is 11.4. The molecule has 4 heteroatoms. The molecular formula is C14H21BrN2O. The summed E-state index contributed by atoms with van der Waals surface area (Å²) in [6.45, 7) is 7.28. The Bertz CT molecular complexity index is 443. The summed E-state index contributed by atoms with van der Waals surface area (Å²) in [5.74, 6) is 0.0431. The molecule has 0 saturated heterocycles. The molecule has 1 rings (SSSR count). The molecular weight excluding hydrogens is 292 g/mol. The Morgan fingerprint density at radius 1 is 1.44 bits per heavy atom. The van der Waals surface area contributed by atoms with E-state index in [-0.39, 0.29) is 11.3 Å². The van der Waals surface area contributed by atoms with Crippen LogP contribution in [-0.4, -0.2) is 30.9 Å². The van der Waals surface area contributed by atoms with E-state index < -0.39 is 0 Å². The number of halogens is 1. The van der Waals surface area contributed by atoms with Crippen molar-refractivity contribution >= 4 is 21.8 Å². The van der Waals surface area contributed by atoms with Crippen LogP contribution in [0.15, 0.2) is 22.7 Å². The van der Waals surface area contributed by atoms with E-state index in [4.69, 9.17) is 5.73 Å². The first-order valence-corrected chi connectivity index (χ1v) is 6.78. The fourth-order valence-electron chi connectivity index (χ4n) is 1.85. The molecule has 100 valence electrons. The molecule has 1 aromatic rings. The summed E-state index contributed by atoms with van der Waals surface area (Å²) in [4.78, 5) is 14.1. The van der Waals surface area contributed by atoms with Crippen molar-refractivity contribution in [1.29, 1.82) is 0 Å². The maximum absolute atomic E-state index is 12.3. The number of hydrogen-bond acceptors (Lipinski definition) is 2. The van der Waals surface area contributed by atoms with E-state index in [0.717, 1.165) is 15.6 Å². The highest BCUT2D eigenvalue weighted by molar-refractivity contribution is 9.10. The SMILES string of the molecule is Cc1cc(Br)ccc1C(=O)N(C)CC(C)(C)CN. The zero-order valence-electron chi connectivity index (χ0n) is 11.5. The lowest BCUT2D eigenvalue weighted by Gasteiger charge is -2.29. The lowest BCUT2D eigenvalue weighted by molar-refractivity contribution is 0.0740. The molecule has 0 unspecified atom stereocenters. The first kappa shape index (κ1) is 15.2. The van der Waals surface area contributed by atoms with Crippen LogP contribution in [0.4, 0.5) is 0 Å². The molecule has 3 nitrogen and oxygen atoms in total. The van der Waals surface area contributed by atoms with E-state index in [1.165, 1.54) is 0 Å². The molecule has 0 fully saturated rings. The summed E-state index contributed by atoms with van der Waals surface area (Å²) in [6, 6.07) is 5.70. The molecule has 18 heavy (non-hydrogen) atoms. The lowest BCUT2D eigenvalue weighted by atomic mass is 9.93. The molecule has 0 aliphatic rings. The van der Waals surface area contributed by atoms with Crippen molar-refractivity contribution in [3.8, 4) is 0 Å². The highest BCUT2D eigenvalue weighted by Crippen LogP contribution is 2.19. The van der Waals surface area contributed by atoms with Crippen molar-refractivity contribution < 1.29 is 4.79 Å². The van der Waals surface area contributed by atoms with Gasteiger partial charge >= 0.3 is 0 Å². The number of rotatable bonds is 4. The Hall–Kier alpha value is -0.870. The van der Waals surface area contributed by atoms with Gasteiger partial charge in [-0.1, -0.05) is 29.8 Å². The van der Waals surface area contributed by atoms with Gasteiger partial charge in [0.2, 0.25) is 0 Å². The van der Waals surface area contributed by atoms with Gasteiger partial charge in [-0.2, -0.15) is 0 Å². The third kappa shape index (κ3) is 3.82. The zero-order valence-corrected chi connectivity index (χ0v) is 13.0. The topological polar surface area (TPSA) is 46.3 Å². The molecule has 0 atom stereocenters. The minimum absolute atomic E-state index is 0.0431. The van der Waals surface area contributed by atoms with Gasteiger partial charge in [-0.25, -0.2) is 0 Å². The van der Waals surface area contributed by atoms with Crippen molar-refractivity contribution in [2.24, 2.45) is 11.1 Å². The molecule has 1 aromatic carbocycles. The zero-order chi connectivity index (χ0) is 13.9. The fourth-order valence-corrected chi connectivity index (χ4v) is 2.33. The average molecular weight is 313 g/mol. The first-order valence-electron chi connectivity index (χ1n) is 5.98. The van der Waals surface area contributed by atoms with Gasteiger partial charge in [0, 0.05) is 23.6 Å². The largest absolute Gasteiger partial charge is 0.341 e. The maximum atomic E-state index is 12.3. The van der Waals surface area contributed by atoms with E-state index >= 15 is 0 Å². The fraction of sp³-hybridized carbons (Fsp3) is 0.500. The molecule has 0 aromatic heterocycles. The van der Waals surface area contributed by atoms with Crippen LogP contribution in [0.25, 0.3) is 0 Å². The second kappa shape index (κ2) is 5.85. The number of aryl methyl sites for hydroxylation is 1. The van der Waals surface area contributed by atoms with Gasteiger partial charge in [-0.3, -0.25) is 4.79 Å². The minimum Gasteiger partial charge on any atom is -0.341 e. The Labute approximate surface area is 117 Å². The van der Waals surface area contributed by atoms with Crippen LogP contribution in [0.2, 0.25) is 0 Å². The van der Waals surface area contributed by atoms with Crippen LogP contribution in [0.5, 0.6) is 0 Å². The van der Waals surface area contributed by atoms with E-state index in [2.05, 4.69) is 29.8 Å². The summed E-state index contributed by atoms with van der Waals surface area (Å²) >= 11 is 3.40. The van der Waals surface area contributed by atoms with Crippen LogP contribution >= 0.6 is 15.9 Å². The molecule has 0 spiro atoms. The summed E-state index contributed by atoms with van der Waals surface area (Å²) in [6.07, 6.45) is 0. The lowest BCUT2D eigenvalue weighted by Crippen LogP contribution is -2.39. The van der Waals surface area contributed by atoms with Crippen molar-refractivity contribution in [1.82, 2.24) is 4.90 Å². The highest BCUT2D eigenvalue weighted by atomic mass is 79.9. The Balaban J connectivity index is 2.87. The van der Waals surface area contributed by atoms with Crippen molar-refractivity contribution in [2.75, 3.05) is 20.1 Å². The standard InChI is InChI=1S/C14H21BrN2O/c1-10-7-11(15)5-6-12(10)13(18)17(4)9-14(2,3)8-16/h5-7H,8-9,16H2,1-4H3. The van der Waals surface area contributed by atoms with E-state index in [9.17, 15) is 4.79 Å². The molecule has 1 amide bonds. The molecule has 0 radical (unpaired) electrons. The van der Waals surface area contributed by atoms with Crippen LogP contribution in [0, 0.1) is 12.3 Å². The predicted molar refractivity (Wildman–Crippen MR) is 78.7 cm³/mol. The van der Waals surface area contributed by atoms with Crippen LogP contribution < -0.4 is 5.73 Å². The Morgan fingerprint density at radius 3 is 2.56 bits per heavy atom. The first-order chi connectivity index (χ1) is 8.26. The van der Waals surface area contributed by atoms with Gasteiger partial charge in [0.25, 0.3) is 5.91 Å². The number of carbonyl (C=O) groups is 1. The predicted octanol–water partition coefficient (Wildman–Crippen LogP) is 2.81. The molecule has 0 aliphatic heterocycles. The van der Waals surface area contributed by atoms with Gasteiger partial charge in [-0.15, -0.1) is 0 Å². The summed E-state index contributed by atoms with van der Waals surface area (Å²) in [7, 11) is 1.82. The number of nitrogens with zero attached hydrogens (tertiary/aromatic N) is 1. The molecule has 0 saturated carbocycles.